The molecule has 1 aromatic carbocycles. The van der Waals surface area contributed by atoms with Gasteiger partial charge in [0.05, 0.1) is 22.9 Å². The van der Waals surface area contributed by atoms with Crippen LogP contribution in [0.3, 0.4) is 0 Å². The number of rotatable bonds is 9. The van der Waals surface area contributed by atoms with Gasteiger partial charge in [-0.25, -0.2) is 4.98 Å². The van der Waals surface area contributed by atoms with E-state index in [-0.39, 0.29) is 36.4 Å². The standard InChI is InChI=1S/C39H41N9O6/c1-2-23-16-30-31(44-35(23)50)15-22(19-40-30)21-46-11-13-47(14-12-46)26-7-8-29(41-20-26)36(51)43-25-17-24(18-25)42-34-27-5-3-4-6-28(27)38(53)48(39(34)54)32-9-10-33(49)45-37(32)52/h3-8,15-16,19-20,24-25,32,34,42H,2,9-14,17-18,21H2,1H3,(H,43,51)(H,44,50)(H,45,49,52)/t24?,25?,32-,34?/m0/s1. The van der Waals surface area contributed by atoms with Gasteiger partial charge in [0.15, 0.2) is 0 Å². The van der Waals surface area contributed by atoms with Crippen molar-refractivity contribution in [3.8, 4) is 0 Å². The molecule has 1 unspecified atom stereocenters. The smallest absolute Gasteiger partial charge is 0.270 e. The summed E-state index contributed by atoms with van der Waals surface area (Å²) < 4.78 is 0. The quantitative estimate of drug-likeness (QED) is 0.183. The van der Waals surface area contributed by atoms with E-state index < -0.39 is 35.7 Å². The van der Waals surface area contributed by atoms with E-state index in [2.05, 4.69) is 40.7 Å². The molecule has 5 amide bonds. The topological polar surface area (TPSA) is 190 Å². The normalized spacial score (nSPS) is 23.2. The number of aromatic amines is 1. The lowest BCUT2D eigenvalue weighted by atomic mass is 9.84. The molecule has 3 aromatic heterocycles. The minimum absolute atomic E-state index is 0.0450. The number of hydrogen-bond donors (Lipinski definition) is 4. The summed E-state index contributed by atoms with van der Waals surface area (Å²) in [5.41, 5.74) is 5.38. The molecule has 15 nitrogen and oxygen atoms in total. The first-order valence-corrected chi connectivity index (χ1v) is 18.5. The lowest BCUT2D eigenvalue weighted by molar-refractivity contribution is -0.145. The van der Waals surface area contributed by atoms with Gasteiger partial charge in [0.2, 0.25) is 11.8 Å². The predicted octanol–water partition coefficient (Wildman–Crippen LogP) is 1.58. The van der Waals surface area contributed by atoms with Crippen LogP contribution >= 0.6 is 0 Å². The van der Waals surface area contributed by atoms with Crippen molar-refractivity contribution in [3.63, 3.8) is 0 Å². The molecule has 8 rings (SSSR count). The molecule has 4 N–H and O–H groups in total. The number of amides is 5. The molecule has 1 aliphatic carbocycles. The number of carbonyl (C=O) groups is 5. The highest BCUT2D eigenvalue weighted by Crippen LogP contribution is 2.33. The lowest BCUT2D eigenvalue weighted by Crippen LogP contribution is -2.62. The van der Waals surface area contributed by atoms with E-state index in [1.54, 1.807) is 36.5 Å². The SMILES string of the molecule is CCc1cc2ncc(CN3CCN(c4ccc(C(=O)NC5CC(NC6C(=O)N([C@H]7CCC(=O)NC7=O)C(=O)c7ccccc76)C5)nc4)CC3)cc2[nH]c1=O. The largest absolute Gasteiger partial charge is 0.368 e. The second-order valence-electron chi connectivity index (χ2n) is 14.4. The molecule has 54 heavy (non-hydrogen) atoms. The molecule has 4 aliphatic rings. The summed E-state index contributed by atoms with van der Waals surface area (Å²) >= 11 is 0. The zero-order valence-electron chi connectivity index (χ0n) is 29.8. The zero-order chi connectivity index (χ0) is 37.5. The first-order chi connectivity index (χ1) is 26.1. The Morgan fingerprint density at radius 3 is 2.46 bits per heavy atom. The van der Waals surface area contributed by atoms with Gasteiger partial charge >= 0.3 is 0 Å². The number of imide groups is 2. The fourth-order valence-corrected chi connectivity index (χ4v) is 7.84. The number of H-pyrrole nitrogens is 1. The summed E-state index contributed by atoms with van der Waals surface area (Å²) in [4.78, 5) is 94.4. The average Bonchev–Trinajstić information content (AvgIpc) is 3.16. The predicted molar refractivity (Wildman–Crippen MR) is 197 cm³/mol. The molecule has 6 heterocycles. The third-order valence-corrected chi connectivity index (χ3v) is 10.9. The van der Waals surface area contributed by atoms with Crippen LogP contribution in [-0.2, 0) is 27.3 Å². The highest BCUT2D eigenvalue weighted by molar-refractivity contribution is 6.15. The Labute approximate surface area is 310 Å². The summed E-state index contributed by atoms with van der Waals surface area (Å²) in [5.74, 6) is -2.44. The van der Waals surface area contributed by atoms with Gasteiger partial charge in [-0.05, 0) is 67.1 Å². The molecular weight excluding hydrogens is 690 g/mol. The Morgan fingerprint density at radius 1 is 0.926 bits per heavy atom. The van der Waals surface area contributed by atoms with Crippen LogP contribution in [-0.4, -0.2) is 98.6 Å². The summed E-state index contributed by atoms with van der Waals surface area (Å²) in [6.07, 6.45) is 5.53. The second-order valence-corrected chi connectivity index (χ2v) is 14.4. The van der Waals surface area contributed by atoms with Crippen LogP contribution in [0.25, 0.3) is 11.0 Å². The fraction of sp³-hybridized carbons (Fsp3) is 0.385. The number of nitrogens with zero attached hydrogens (tertiary/aromatic N) is 5. The van der Waals surface area contributed by atoms with Gasteiger partial charge in [-0.1, -0.05) is 25.1 Å². The molecule has 0 bridgehead atoms. The van der Waals surface area contributed by atoms with Crippen LogP contribution in [0.15, 0.2) is 65.7 Å². The van der Waals surface area contributed by atoms with Gasteiger partial charge in [0, 0.05) is 68.6 Å². The van der Waals surface area contributed by atoms with Crippen LogP contribution in [0.1, 0.15) is 76.2 Å². The van der Waals surface area contributed by atoms with Crippen LogP contribution in [0.2, 0.25) is 0 Å². The fourth-order valence-electron chi connectivity index (χ4n) is 7.84. The van der Waals surface area contributed by atoms with Crippen molar-refractivity contribution < 1.29 is 24.0 Å². The van der Waals surface area contributed by atoms with Gasteiger partial charge < -0.3 is 15.2 Å². The van der Waals surface area contributed by atoms with Crippen molar-refractivity contribution in [2.75, 3.05) is 31.1 Å². The van der Waals surface area contributed by atoms with E-state index in [0.29, 0.717) is 36.1 Å². The molecule has 2 saturated heterocycles. The number of benzene rings is 1. The number of piperidine rings is 1. The third kappa shape index (κ3) is 6.87. The number of fused-ring (bicyclic) bond motifs is 2. The van der Waals surface area contributed by atoms with Crippen LogP contribution in [0, 0.1) is 0 Å². The van der Waals surface area contributed by atoms with Crippen molar-refractivity contribution in [2.24, 2.45) is 0 Å². The maximum atomic E-state index is 13.7. The maximum absolute atomic E-state index is 13.7. The first-order valence-electron chi connectivity index (χ1n) is 18.5. The minimum Gasteiger partial charge on any atom is -0.368 e. The zero-order valence-corrected chi connectivity index (χ0v) is 29.8. The lowest BCUT2D eigenvalue weighted by Gasteiger charge is -2.42. The molecule has 4 aromatic rings. The van der Waals surface area contributed by atoms with E-state index in [0.717, 1.165) is 65.5 Å². The molecule has 3 fully saturated rings. The van der Waals surface area contributed by atoms with E-state index in [1.807, 2.05) is 31.3 Å². The van der Waals surface area contributed by atoms with Gasteiger partial charge in [-0.2, -0.15) is 0 Å². The van der Waals surface area contributed by atoms with Crippen molar-refractivity contribution >= 4 is 46.3 Å². The molecule has 15 heteroatoms. The van der Waals surface area contributed by atoms with Crippen LogP contribution in [0.5, 0.6) is 0 Å². The van der Waals surface area contributed by atoms with Gasteiger partial charge in [0.1, 0.15) is 17.8 Å². The Morgan fingerprint density at radius 2 is 1.72 bits per heavy atom. The molecule has 0 spiro atoms. The van der Waals surface area contributed by atoms with Gasteiger partial charge in [-0.3, -0.25) is 54.2 Å². The third-order valence-electron chi connectivity index (χ3n) is 10.9. The average molecular weight is 732 g/mol. The van der Waals surface area contributed by atoms with E-state index in [1.165, 1.54) is 0 Å². The van der Waals surface area contributed by atoms with E-state index in [4.69, 9.17) is 0 Å². The number of anilines is 1. The van der Waals surface area contributed by atoms with Gasteiger partial charge in [0.25, 0.3) is 23.3 Å². The van der Waals surface area contributed by atoms with Crippen LogP contribution < -0.4 is 26.4 Å². The molecular formula is C39H41N9O6. The monoisotopic (exact) mass is 731 g/mol. The Bertz CT molecular complexity index is 2210. The number of nitrogens with one attached hydrogen (secondary N) is 4. The Balaban J connectivity index is 0.823. The molecule has 3 aliphatic heterocycles. The van der Waals surface area contributed by atoms with E-state index in [9.17, 15) is 28.8 Å². The van der Waals surface area contributed by atoms with Crippen LogP contribution in [0.4, 0.5) is 5.69 Å². The molecule has 2 atom stereocenters. The molecule has 0 radical (unpaired) electrons. The number of aromatic nitrogens is 3. The molecule has 1 saturated carbocycles. The summed E-state index contributed by atoms with van der Waals surface area (Å²) in [6.45, 7) is 5.96. The number of hydrogen-bond acceptors (Lipinski definition) is 11. The number of aryl methyl sites for hydroxylation is 1. The highest BCUT2D eigenvalue weighted by Gasteiger charge is 2.47. The van der Waals surface area contributed by atoms with Crippen molar-refractivity contribution in [2.45, 2.75) is 69.7 Å². The van der Waals surface area contributed by atoms with E-state index >= 15 is 0 Å². The number of carbonyl (C=O) groups excluding carboxylic acids is 5. The Hall–Kier alpha value is -5.80. The number of pyridine rings is 3. The maximum Gasteiger partial charge on any atom is 0.270 e. The number of piperazine rings is 1. The van der Waals surface area contributed by atoms with Crippen molar-refractivity contribution in [3.05, 3.63) is 99.2 Å². The van der Waals surface area contributed by atoms with Crippen molar-refractivity contribution in [1.29, 1.82) is 0 Å². The van der Waals surface area contributed by atoms with Gasteiger partial charge in [-0.15, -0.1) is 0 Å². The summed E-state index contributed by atoms with van der Waals surface area (Å²) in [7, 11) is 0. The first kappa shape index (κ1) is 35.2. The summed E-state index contributed by atoms with van der Waals surface area (Å²) in [6, 6.07) is 12.2. The Kier molecular flexibility index (Phi) is 9.50. The van der Waals surface area contributed by atoms with Crippen molar-refractivity contribution in [1.82, 2.24) is 40.7 Å². The molecule has 278 valence electrons. The minimum atomic E-state index is -1.06. The summed E-state index contributed by atoms with van der Waals surface area (Å²) in [5, 5.41) is 8.63. The highest BCUT2D eigenvalue weighted by atomic mass is 16.2. The second kappa shape index (κ2) is 14.6.